The SMILES string of the molecule is Cc1ccc(O)cc1C12Cc3[nH]c(=O)c(C(=O)O)cc3CC1(O)C1C(CN1CC1CC1)C2. The minimum Gasteiger partial charge on any atom is -0.508 e. The molecule has 32 heavy (non-hydrogen) atoms. The number of aromatic hydroxyl groups is 1. The number of benzene rings is 1. The van der Waals surface area contributed by atoms with Gasteiger partial charge in [0.1, 0.15) is 11.3 Å². The van der Waals surface area contributed by atoms with E-state index in [4.69, 9.17) is 0 Å². The highest BCUT2D eigenvalue weighted by Crippen LogP contribution is 2.62. The second-order valence-corrected chi connectivity index (χ2v) is 10.5. The topological polar surface area (TPSA) is 114 Å². The van der Waals surface area contributed by atoms with Gasteiger partial charge in [0.15, 0.2) is 0 Å². The molecule has 3 aliphatic carbocycles. The number of aromatic carboxylic acids is 1. The molecule has 168 valence electrons. The van der Waals surface area contributed by atoms with E-state index in [-0.39, 0.29) is 23.8 Å². The minimum absolute atomic E-state index is 0.00166. The first-order valence-corrected chi connectivity index (χ1v) is 11.5. The highest BCUT2D eigenvalue weighted by Gasteiger charge is 2.70. The molecule has 2 saturated carbocycles. The van der Waals surface area contributed by atoms with Crippen LogP contribution in [0.5, 0.6) is 5.75 Å². The van der Waals surface area contributed by atoms with Crippen LogP contribution in [0.4, 0.5) is 0 Å². The Kier molecular flexibility index (Phi) is 4.03. The smallest absolute Gasteiger partial charge is 0.341 e. The number of hydrogen-bond donors (Lipinski definition) is 4. The number of carbonyl (C=O) groups is 1. The standard InChI is InChI=1S/C25H28N2O5/c1-13-2-5-17(28)7-19(13)24-8-16-12-27(11-14-3-4-14)21(16)25(24,32)9-15-6-18(23(30)31)22(29)26-20(15)10-24/h2,5-7,14,16,21,28,32H,3-4,8-12H2,1H3,(H,26,29)(H,30,31). The second kappa shape index (κ2) is 6.45. The van der Waals surface area contributed by atoms with Crippen molar-refractivity contribution in [1.82, 2.24) is 9.88 Å². The fourth-order valence-electron chi connectivity index (χ4n) is 7.01. The van der Waals surface area contributed by atoms with Crippen molar-refractivity contribution in [3.8, 4) is 5.75 Å². The number of nitrogens with zero attached hydrogens (tertiary/aromatic N) is 1. The third kappa shape index (κ3) is 2.61. The van der Waals surface area contributed by atoms with Crippen molar-refractivity contribution >= 4 is 5.97 Å². The lowest BCUT2D eigenvalue weighted by Crippen LogP contribution is -2.68. The molecule has 4 unspecified atom stereocenters. The fraction of sp³-hybridized carbons (Fsp3) is 0.520. The van der Waals surface area contributed by atoms with Crippen LogP contribution in [0.2, 0.25) is 0 Å². The Labute approximate surface area is 185 Å². The maximum absolute atomic E-state index is 12.5. The molecule has 0 spiro atoms. The molecule has 4 N–H and O–H groups in total. The molecule has 4 atom stereocenters. The number of likely N-dealkylation sites (tertiary alicyclic amines) is 1. The second-order valence-electron chi connectivity index (χ2n) is 10.5. The van der Waals surface area contributed by atoms with E-state index >= 15 is 0 Å². The number of fused-ring (bicyclic) bond motifs is 4. The fourth-order valence-corrected chi connectivity index (χ4v) is 7.01. The van der Waals surface area contributed by atoms with Gasteiger partial charge in [-0.2, -0.15) is 0 Å². The molecule has 2 heterocycles. The van der Waals surface area contributed by atoms with Gasteiger partial charge in [-0.05, 0) is 72.9 Å². The molecule has 1 aromatic carbocycles. The van der Waals surface area contributed by atoms with Crippen LogP contribution >= 0.6 is 0 Å². The van der Waals surface area contributed by atoms with Crippen LogP contribution < -0.4 is 5.56 Å². The predicted molar refractivity (Wildman–Crippen MR) is 117 cm³/mol. The molecule has 7 nitrogen and oxygen atoms in total. The summed E-state index contributed by atoms with van der Waals surface area (Å²) in [5.74, 6) is -0.0506. The Morgan fingerprint density at radius 2 is 2.03 bits per heavy atom. The van der Waals surface area contributed by atoms with Crippen LogP contribution in [0.3, 0.4) is 0 Å². The molecule has 0 bridgehead atoms. The Hall–Kier alpha value is -2.64. The molecule has 4 aliphatic rings. The van der Waals surface area contributed by atoms with E-state index in [0.717, 1.165) is 30.6 Å². The van der Waals surface area contributed by atoms with Gasteiger partial charge in [0.25, 0.3) is 5.56 Å². The summed E-state index contributed by atoms with van der Waals surface area (Å²) in [6.45, 7) is 3.95. The number of phenols is 1. The molecular formula is C25H28N2O5. The number of aromatic nitrogens is 1. The molecule has 1 aliphatic heterocycles. The van der Waals surface area contributed by atoms with Gasteiger partial charge in [0, 0.05) is 43.1 Å². The number of phenolic OH excluding ortho intramolecular Hbond substituents is 1. The molecule has 3 fully saturated rings. The number of pyridine rings is 1. The van der Waals surface area contributed by atoms with Crippen molar-refractivity contribution in [2.24, 2.45) is 11.8 Å². The van der Waals surface area contributed by atoms with Crippen LogP contribution in [0.1, 0.15) is 52.0 Å². The third-order valence-electron chi connectivity index (χ3n) is 8.55. The summed E-state index contributed by atoms with van der Waals surface area (Å²) in [5.41, 5.74) is 0.680. The van der Waals surface area contributed by atoms with Crippen LogP contribution in [0.15, 0.2) is 29.1 Å². The van der Waals surface area contributed by atoms with Gasteiger partial charge in [-0.15, -0.1) is 0 Å². The number of carboxylic acids is 1. The molecule has 2 aromatic rings. The lowest BCUT2D eigenvalue weighted by molar-refractivity contribution is -0.118. The van der Waals surface area contributed by atoms with E-state index in [2.05, 4.69) is 9.88 Å². The van der Waals surface area contributed by atoms with Crippen molar-refractivity contribution in [3.63, 3.8) is 0 Å². The van der Waals surface area contributed by atoms with Crippen LogP contribution in [0.25, 0.3) is 0 Å². The van der Waals surface area contributed by atoms with E-state index in [1.807, 2.05) is 13.0 Å². The van der Waals surface area contributed by atoms with Gasteiger partial charge in [0.05, 0.1) is 5.60 Å². The van der Waals surface area contributed by atoms with Gasteiger partial charge in [-0.3, -0.25) is 9.69 Å². The first-order valence-electron chi connectivity index (χ1n) is 11.5. The maximum Gasteiger partial charge on any atom is 0.341 e. The highest BCUT2D eigenvalue weighted by atomic mass is 16.4. The van der Waals surface area contributed by atoms with Crippen LogP contribution in [0, 0.1) is 18.8 Å². The summed E-state index contributed by atoms with van der Waals surface area (Å²) in [6.07, 6.45) is 3.98. The van der Waals surface area contributed by atoms with E-state index < -0.39 is 22.5 Å². The summed E-state index contributed by atoms with van der Waals surface area (Å²) in [5, 5.41) is 32.3. The number of rotatable bonds is 4. The summed E-state index contributed by atoms with van der Waals surface area (Å²) in [6, 6.07) is 6.76. The number of carboxylic acid groups (broad SMARTS) is 1. The summed E-state index contributed by atoms with van der Waals surface area (Å²) < 4.78 is 0. The maximum atomic E-state index is 12.5. The zero-order valence-electron chi connectivity index (χ0n) is 18.1. The number of hydrogen-bond acceptors (Lipinski definition) is 5. The normalized spacial score (nSPS) is 33.2. The van der Waals surface area contributed by atoms with Gasteiger partial charge in [-0.25, -0.2) is 4.79 Å². The van der Waals surface area contributed by atoms with Crippen molar-refractivity contribution in [2.75, 3.05) is 13.1 Å². The van der Waals surface area contributed by atoms with E-state index in [9.17, 15) is 24.9 Å². The lowest BCUT2D eigenvalue weighted by Gasteiger charge is -2.55. The average Bonchev–Trinajstić information content (AvgIpc) is 3.50. The average molecular weight is 437 g/mol. The van der Waals surface area contributed by atoms with Gasteiger partial charge < -0.3 is 20.3 Å². The third-order valence-corrected chi connectivity index (χ3v) is 8.55. The van der Waals surface area contributed by atoms with Crippen molar-refractivity contribution in [2.45, 2.75) is 56.1 Å². The summed E-state index contributed by atoms with van der Waals surface area (Å²) >= 11 is 0. The molecule has 0 amide bonds. The Morgan fingerprint density at radius 1 is 1.25 bits per heavy atom. The number of aryl methyl sites for hydroxylation is 1. The molecule has 0 radical (unpaired) electrons. The number of aliphatic hydroxyl groups is 1. The van der Waals surface area contributed by atoms with Crippen LogP contribution in [-0.4, -0.2) is 55.9 Å². The quantitative estimate of drug-likeness (QED) is 0.583. The van der Waals surface area contributed by atoms with Crippen LogP contribution in [-0.2, 0) is 18.3 Å². The molecule has 6 rings (SSSR count). The van der Waals surface area contributed by atoms with Gasteiger partial charge in [-0.1, -0.05) is 6.07 Å². The monoisotopic (exact) mass is 436 g/mol. The molecule has 1 aromatic heterocycles. The lowest BCUT2D eigenvalue weighted by atomic mass is 9.59. The van der Waals surface area contributed by atoms with Crippen molar-refractivity contribution in [3.05, 3.63) is 62.6 Å². The van der Waals surface area contributed by atoms with E-state index in [0.29, 0.717) is 29.5 Å². The zero-order valence-corrected chi connectivity index (χ0v) is 18.1. The largest absolute Gasteiger partial charge is 0.508 e. The van der Waals surface area contributed by atoms with E-state index in [1.165, 1.54) is 18.9 Å². The van der Waals surface area contributed by atoms with Crippen molar-refractivity contribution in [1.29, 1.82) is 0 Å². The van der Waals surface area contributed by atoms with E-state index in [1.54, 1.807) is 12.1 Å². The first-order chi connectivity index (χ1) is 15.2. The summed E-state index contributed by atoms with van der Waals surface area (Å²) in [7, 11) is 0. The number of aromatic amines is 1. The van der Waals surface area contributed by atoms with Gasteiger partial charge in [0.2, 0.25) is 0 Å². The Bertz CT molecular complexity index is 1200. The molecule has 7 heteroatoms. The molecular weight excluding hydrogens is 408 g/mol. The number of nitrogens with one attached hydrogen (secondary N) is 1. The highest BCUT2D eigenvalue weighted by molar-refractivity contribution is 5.87. The van der Waals surface area contributed by atoms with Gasteiger partial charge >= 0.3 is 5.97 Å². The first kappa shape index (κ1) is 20.0. The zero-order chi connectivity index (χ0) is 22.4. The van der Waals surface area contributed by atoms with Crippen molar-refractivity contribution < 1.29 is 20.1 Å². The summed E-state index contributed by atoms with van der Waals surface area (Å²) in [4.78, 5) is 29.2. The Balaban J connectivity index is 1.53. The molecule has 1 saturated heterocycles. The Morgan fingerprint density at radius 3 is 2.75 bits per heavy atom. The predicted octanol–water partition coefficient (Wildman–Crippen LogP) is 1.97. The minimum atomic E-state index is -1.26. The number of H-pyrrole nitrogens is 1.